The number of aromatic amines is 1. The predicted molar refractivity (Wildman–Crippen MR) is 111 cm³/mol. The molecule has 30 heavy (non-hydrogen) atoms. The molecule has 0 aliphatic carbocycles. The van der Waals surface area contributed by atoms with Crippen molar-refractivity contribution in [3.05, 3.63) is 33.9 Å². The number of furan rings is 1. The van der Waals surface area contributed by atoms with E-state index in [1.54, 1.807) is 32.9 Å². The summed E-state index contributed by atoms with van der Waals surface area (Å²) in [6, 6.07) is 3.23. The van der Waals surface area contributed by atoms with Gasteiger partial charge in [0.1, 0.15) is 17.6 Å². The third-order valence-corrected chi connectivity index (χ3v) is 8.00. The molecular formula is C17H24N5O6S2+. The van der Waals surface area contributed by atoms with Crippen molar-refractivity contribution in [2.45, 2.75) is 37.9 Å². The minimum absolute atomic E-state index is 0.00954. The van der Waals surface area contributed by atoms with Crippen molar-refractivity contribution in [2.24, 2.45) is 0 Å². The lowest BCUT2D eigenvalue weighted by atomic mass is 10.2. The van der Waals surface area contributed by atoms with Gasteiger partial charge >= 0.3 is 5.82 Å². The summed E-state index contributed by atoms with van der Waals surface area (Å²) < 4.78 is 37.0. The molecule has 0 saturated carbocycles. The minimum atomic E-state index is -3.83. The lowest BCUT2D eigenvalue weighted by Crippen LogP contribution is -2.30. The molecule has 3 heterocycles. The number of hydrogen-bond acceptors (Lipinski definition) is 9. The summed E-state index contributed by atoms with van der Waals surface area (Å²) in [5.74, 6) is 1.04. The number of aryl methyl sites for hydroxylation is 1. The molecule has 0 aliphatic rings. The molecule has 3 aromatic rings. The van der Waals surface area contributed by atoms with Crippen molar-refractivity contribution in [2.75, 3.05) is 23.7 Å². The lowest BCUT2D eigenvalue weighted by Gasteiger charge is -2.17. The Hall–Kier alpha value is -2.77. The van der Waals surface area contributed by atoms with E-state index in [1.807, 2.05) is 6.92 Å². The quantitative estimate of drug-likeness (QED) is 0.382. The van der Waals surface area contributed by atoms with Crippen molar-refractivity contribution in [3.63, 3.8) is 0 Å². The summed E-state index contributed by atoms with van der Waals surface area (Å²) in [6.45, 7) is 7.61. The van der Waals surface area contributed by atoms with Crippen LogP contribution in [0.1, 0.15) is 38.3 Å². The van der Waals surface area contributed by atoms with Gasteiger partial charge in [0.25, 0.3) is 15.8 Å². The van der Waals surface area contributed by atoms with Crippen LogP contribution < -0.4 is 15.2 Å². The SMILES string of the molecule is CCN(CC)S(=O)(=O)c1scc(Nc2[nH]o[n+](=O)c2N[C@H](C)c2ccc(C)o2)c1O. The van der Waals surface area contributed by atoms with E-state index in [2.05, 4.69) is 15.8 Å². The van der Waals surface area contributed by atoms with E-state index >= 15 is 0 Å². The molecule has 0 unspecified atom stereocenters. The van der Waals surface area contributed by atoms with Crippen LogP contribution in [-0.2, 0) is 10.0 Å². The zero-order chi connectivity index (χ0) is 22.1. The van der Waals surface area contributed by atoms with Crippen LogP contribution in [0.4, 0.5) is 17.3 Å². The fourth-order valence-electron chi connectivity index (χ4n) is 2.87. The zero-order valence-electron chi connectivity index (χ0n) is 16.9. The number of sulfonamides is 1. The van der Waals surface area contributed by atoms with Gasteiger partial charge in [0.2, 0.25) is 0 Å². The normalized spacial score (nSPS) is 13.0. The van der Waals surface area contributed by atoms with Crippen LogP contribution in [-0.4, -0.2) is 36.1 Å². The third-order valence-electron chi connectivity index (χ3n) is 4.46. The second kappa shape index (κ2) is 8.53. The number of hydrogen-bond donors (Lipinski definition) is 4. The molecule has 0 radical (unpaired) electrons. The molecular weight excluding hydrogens is 434 g/mol. The summed E-state index contributed by atoms with van der Waals surface area (Å²) in [6.07, 6.45) is 0. The zero-order valence-corrected chi connectivity index (χ0v) is 18.6. The summed E-state index contributed by atoms with van der Waals surface area (Å²) in [5, 5.41) is 20.1. The van der Waals surface area contributed by atoms with Crippen LogP contribution in [0.2, 0.25) is 0 Å². The van der Waals surface area contributed by atoms with Crippen LogP contribution in [0.25, 0.3) is 0 Å². The number of H-pyrrole nitrogens is 1. The second-order valence-corrected chi connectivity index (χ2v) is 9.50. The van der Waals surface area contributed by atoms with E-state index in [4.69, 9.17) is 9.05 Å². The summed E-state index contributed by atoms with van der Waals surface area (Å²) in [5.41, 5.74) is 0.118. The molecule has 0 fully saturated rings. The van der Waals surface area contributed by atoms with Gasteiger partial charge in [-0.15, -0.1) is 16.0 Å². The van der Waals surface area contributed by atoms with Gasteiger partial charge in [-0.2, -0.15) is 4.31 Å². The number of thiophene rings is 1. The van der Waals surface area contributed by atoms with Gasteiger partial charge in [0, 0.05) is 18.5 Å². The highest BCUT2D eigenvalue weighted by atomic mass is 32.2. The fourth-order valence-corrected chi connectivity index (χ4v) is 5.70. The number of anilines is 3. The molecule has 0 saturated heterocycles. The maximum absolute atomic E-state index is 12.7. The second-order valence-electron chi connectivity index (χ2n) is 6.49. The van der Waals surface area contributed by atoms with Crippen molar-refractivity contribution in [1.82, 2.24) is 9.46 Å². The van der Waals surface area contributed by atoms with Crippen LogP contribution in [0.5, 0.6) is 5.75 Å². The number of nitrogens with one attached hydrogen (secondary N) is 3. The van der Waals surface area contributed by atoms with E-state index < -0.39 is 15.8 Å². The highest BCUT2D eigenvalue weighted by molar-refractivity contribution is 7.91. The van der Waals surface area contributed by atoms with Gasteiger partial charge in [-0.25, -0.2) is 8.42 Å². The van der Waals surface area contributed by atoms with E-state index in [0.717, 1.165) is 17.1 Å². The van der Waals surface area contributed by atoms with E-state index in [0.29, 0.717) is 5.76 Å². The van der Waals surface area contributed by atoms with Gasteiger partial charge < -0.3 is 14.8 Å². The van der Waals surface area contributed by atoms with Gasteiger partial charge in [-0.3, -0.25) is 5.32 Å². The number of aromatic hydroxyl groups is 1. The number of rotatable bonds is 9. The molecule has 0 bridgehead atoms. The Labute approximate surface area is 176 Å². The van der Waals surface area contributed by atoms with Crippen molar-refractivity contribution < 1.29 is 27.2 Å². The molecule has 3 aromatic heterocycles. The Morgan fingerprint density at radius 2 is 2.03 bits per heavy atom. The van der Waals surface area contributed by atoms with E-state index in [9.17, 15) is 18.4 Å². The smallest absolute Gasteiger partial charge is 0.367 e. The highest BCUT2D eigenvalue weighted by Gasteiger charge is 2.30. The van der Waals surface area contributed by atoms with Gasteiger partial charge in [0.15, 0.2) is 14.6 Å². The van der Waals surface area contributed by atoms with Gasteiger partial charge in [0.05, 0.1) is 5.69 Å². The third kappa shape index (κ3) is 4.08. The van der Waals surface area contributed by atoms with Crippen LogP contribution >= 0.6 is 11.3 Å². The predicted octanol–water partition coefficient (Wildman–Crippen LogP) is 3.14. The average molecular weight is 459 g/mol. The van der Waals surface area contributed by atoms with Gasteiger partial charge in [-0.1, -0.05) is 19.0 Å². The Morgan fingerprint density at radius 1 is 1.33 bits per heavy atom. The van der Waals surface area contributed by atoms with Crippen LogP contribution in [0.3, 0.4) is 0 Å². The molecule has 4 N–H and O–H groups in total. The summed E-state index contributed by atoms with van der Waals surface area (Å²) in [4.78, 5) is 12.0. The molecule has 0 aliphatic heterocycles. The first-order valence-electron chi connectivity index (χ1n) is 9.24. The fraction of sp³-hybridized carbons (Fsp3) is 0.412. The van der Waals surface area contributed by atoms with E-state index in [-0.39, 0.29) is 45.3 Å². The minimum Gasteiger partial charge on any atom is -0.504 e. The number of nitrogens with zero attached hydrogens (tertiary/aromatic N) is 2. The largest absolute Gasteiger partial charge is 0.504 e. The molecule has 11 nitrogen and oxygen atoms in total. The Bertz CT molecular complexity index is 1170. The first-order chi connectivity index (χ1) is 14.2. The van der Waals surface area contributed by atoms with Gasteiger partial charge in [-0.05, 0) is 30.9 Å². The average Bonchev–Trinajstić information content (AvgIpc) is 3.38. The Kier molecular flexibility index (Phi) is 6.24. The Balaban J connectivity index is 1.87. The molecule has 1 atom stereocenters. The standard InChI is InChI=1S/C17H23N5O6S2/c1-5-21(6-2)30(25,26)17-14(23)12(9-29-17)19-15-16(22(24)28-20-15)18-11(4)13-8-7-10(3)27-13/h7-9,11,18H,5-6H2,1-4H3,(H2-,19,20,23,24)/p+1/t11-/m1/s1. The van der Waals surface area contributed by atoms with Crippen molar-refractivity contribution in [3.8, 4) is 5.75 Å². The topological polar surface area (TPSA) is 147 Å². The maximum Gasteiger partial charge on any atom is 0.367 e. The molecule has 0 aromatic carbocycles. The molecule has 3 rings (SSSR count). The molecule has 164 valence electrons. The summed E-state index contributed by atoms with van der Waals surface area (Å²) >= 11 is 0.881. The molecule has 0 spiro atoms. The van der Waals surface area contributed by atoms with Crippen LogP contribution in [0.15, 0.2) is 30.8 Å². The summed E-state index contributed by atoms with van der Waals surface area (Å²) in [7, 11) is -3.83. The first-order valence-corrected chi connectivity index (χ1v) is 11.6. The Morgan fingerprint density at radius 3 is 2.63 bits per heavy atom. The highest BCUT2D eigenvalue weighted by Crippen LogP contribution is 2.41. The number of aromatic nitrogens is 2. The molecule has 0 amide bonds. The lowest BCUT2D eigenvalue weighted by molar-refractivity contribution is -0.701. The monoisotopic (exact) mass is 458 g/mol. The molecule has 13 heteroatoms. The van der Waals surface area contributed by atoms with Crippen LogP contribution in [0, 0.1) is 11.8 Å². The maximum atomic E-state index is 12.7. The van der Waals surface area contributed by atoms with E-state index in [1.165, 1.54) is 9.69 Å². The van der Waals surface area contributed by atoms with Crippen molar-refractivity contribution in [1.29, 1.82) is 0 Å². The first kappa shape index (κ1) is 21.9. The van der Waals surface area contributed by atoms with Crippen molar-refractivity contribution >= 4 is 38.7 Å².